The van der Waals surface area contributed by atoms with Gasteiger partial charge in [-0.1, -0.05) is 161 Å². The molecule has 0 saturated carbocycles. The molecule has 2 heteroatoms. The van der Waals surface area contributed by atoms with Crippen LogP contribution in [-0.2, 0) is 10.8 Å². The van der Waals surface area contributed by atoms with Gasteiger partial charge in [-0.05, 0) is 104 Å². The third-order valence-electron chi connectivity index (χ3n) is 12.7. The van der Waals surface area contributed by atoms with E-state index < -0.39 is 0 Å². The summed E-state index contributed by atoms with van der Waals surface area (Å²) in [6.45, 7) is 9.57. The van der Waals surface area contributed by atoms with E-state index in [-0.39, 0.29) is 10.8 Å². The van der Waals surface area contributed by atoms with E-state index >= 15 is 0 Å². The first-order valence-corrected chi connectivity index (χ1v) is 19.8. The highest BCUT2D eigenvalue weighted by Crippen LogP contribution is 2.58. The van der Waals surface area contributed by atoms with Gasteiger partial charge in [-0.25, -0.2) is 0 Å². The Kier molecular flexibility index (Phi) is 6.98. The molecular formula is C54H42N2. The fourth-order valence-corrected chi connectivity index (χ4v) is 10.3. The fourth-order valence-electron chi connectivity index (χ4n) is 10.3. The second kappa shape index (κ2) is 11.9. The Morgan fingerprint density at radius 1 is 0.393 bits per heavy atom. The number of rotatable bonds is 5. The second-order valence-corrected chi connectivity index (χ2v) is 16.5. The Morgan fingerprint density at radius 3 is 1.50 bits per heavy atom. The number of benzene rings is 8. The average molecular weight is 719 g/mol. The van der Waals surface area contributed by atoms with E-state index in [0.29, 0.717) is 0 Å². The minimum atomic E-state index is -0.181. The molecule has 2 aliphatic carbocycles. The molecule has 0 bridgehead atoms. The van der Waals surface area contributed by atoms with Gasteiger partial charge >= 0.3 is 0 Å². The molecule has 8 aromatic carbocycles. The third-order valence-corrected chi connectivity index (χ3v) is 12.7. The van der Waals surface area contributed by atoms with Gasteiger partial charge in [0.1, 0.15) is 0 Å². The van der Waals surface area contributed by atoms with Crippen LogP contribution in [0.5, 0.6) is 0 Å². The Hall–Kier alpha value is -6.64. The first-order valence-electron chi connectivity index (χ1n) is 19.8. The van der Waals surface area contributed by atoms with Crippen molar-refractivity contribution in [3.05, 3.63) is 204 Å². The van der Waals surface area contributed by atoms with Crippen LogP contribution in [0.25, 0.3) is 60.9 Å². The van der Waals surface area contributed by atoms with Crippen LogP contribution in [0.15, 0.2) is 182 Å². The summed E-state index contributed by atoms with van der Waals surface area (Å²) >= 11 is 0. The molecule has 2 nitrogen and oxygen atoms in total. The molecule has 0 radical (unpaired) electrons. The molecule has 1 aromatic heterocycles. The highest BCUT2D eigenvalue weighted by Gasteiger charge is 2.42. The maximum Gasteiger partial charge on any atom is 0.0547 e. The molecule has 11 rings (SSSR count). The van der Waals surface area contributed by atoms with Crippen molar-refractivity contribution in [1.29, 1.82) is 0 Å². The van der Waals surface area contributed by atoms with Crippen LogP contribution in [0.4, 0.5) is 17.1 Å². The summed E-state index contributed by atoms with van der Waals surface area (Å²) in [6, 6.07) is 67.4. The zero-order valence-electron chi connectivity index (χ0n) is 32.2. The number of aromatic nitrogens is 1. The maximum atomic E-state index is 2.56. The molecule has 268 valence electrons. The minimum absolute atomic E-state index is 0.181. The molecule has 0 spiro atoms. The molecule has 0 saturated heterocycles. The lowest BCUT2D eigenvalue weighted by Crippen LogP contribution is -2.23. The van der Waals surface area contributed by atoms with Crippen molar-refractivity contribution >= 4 is 38.9 Å². The van der Waals surface area contributed by atoms with Crippen molar-refractivity contribution in [2.24, 2.45) is 0 Å². The zero-order valence-corrected chi connectivity index (χ0v) is 32.2. The number of hydrogen-bond acceptors (Lipinski definition) is 1. The highest BCUT2D eigenvalue weighted by atomic mass is 15.2. The monoisotopic (exact) mass is 718 g/mol. The summed E-state index contributed by atoms with van der Waals surface area (Å²) in [6.07, 6.45) is 0. The molecule has 0 fully saturated rings. The standard InChI is InChI=1S/C54H42N2/c1-53(2)44-25-11-8-19-39(44)41-23-15-29-48(51(41)53)56(49-30-16-24-42-40-20-9-12-26-45(40)54(3,4)52(42)49)37-33-31-35(32-34-37)38-22-14-28-47-50(38)43-21-10-13-27-46(43)55(47)36-17-6-5-7-18-36/h5-34H,1-4H3. The lowest BCUT2D eigenvalue weighted by molar-refractivity contribution is 0.656. The Morgan fingerprint density at radius 2 is 0.875 bits per heavy atom. The van der Waals surface area contributed by atoms with Crippen molar-refractivity contribution in [3.63, 3.8) is 0 Å². The molecule has 0 atom stereocenters. The zero-order chi connectivity index (χ0) is 37.8. The summed E-state index contributed by atoms with van der Waals surface area (Å²) in [7, 11) is 0. The maximum absolute atomic E-state index is 2.56. The van der Waals surface area contributed by atoms with E-state index in [1.54, 1.807) is 0 Å². The van der Waals surface area contributed by atoms with Gasteiger partial charge in [-0.15, -0.1) is 0 Å². The van der Waals surface area contributed by atoms with Crippen LogP contribution in [0, 0.1) is 0 Å². The number of para-hydroxylation sites is 2. The van der Waals surface area contributed by atoms with E-state index in [0.717, 1.165) is 5.69 Å². The van der Waals surface area contributed by atoms with E-state index in [9.17, 15) is 0 Å². The summed E-state index contributed by atoms with van der Waals surface area (Å²) in [5.41, 5.74) is 20.1. The summed E-state index contributed by atoms with van der Waals surface area (Å²) < 4.78 is 2.40. The molecule has 2 aliphatic rings. The molecule has 1 heterocycles. The van der Waals surface area contributed by atoms with Crippen LogP contribution < -0.4 is 4.90 Å². The van der Waals surface area contributed by atoms with Gasteiger partial charge in [0.25, 0.3) is 0 Å². The van der Waals surface area contributed by atoms with Crippen LogP contribution in [-0.4, -0.2) is 4.57 Å². The summed E-state index contributed by atoms with van der Waals surface area (Å²) in [5, 5.41) is 2.54. The SMILES string of the molecule is CC1(C)c2ccccc2-c2cccc(N(c3ccc(-c4cccc5c4c4ccccc4n5-c4ccccc4)cc3)c3cccc4c3C(C)(C)c3ccccc3-4)c21. The van der Waals surface area contributed by atoms with Gasteiger partial charge in [0.05, 0.1) is 22.4 Å². The van der Waals surface area contributed by atoms with E-state index in [4.69, 9.17) is 0 Å². The van der Waals surface area contributed by atoms with Gasteiger partial charge in [0.2, 0.25) is 0 Å². The van der Waals surface area contributed by atoms with Crippen LogP contribution in [0.1, 0.15) is 49.9 Å². The molecule has 56 heavy (non-hydrogen) atoms. The number of anilines is 3. The van der Waals surface area contributed by atoms with Gasteiger partial charge in [-0.2, -0.15) is 0 Å². The van der Waals surface area contributed by atoms with Crippen molar-refractivity contribution in [3.8, 4) is 39.1 Å². The predicted molar refractivity (Wildman–Crippen MR) is 236 cm³/mol. The smallest absolute Gasteiger partial charge is 0.0547 e. The lowest BCUT2D eigenvalue weighted by Gasteiger charge is -2.35. The van der Waals surface area contributed by atoms with Gasteiger partial charge < -0.3 is 9.47 Å². The normalized spacial score (nSPS) is 14.4. The second-order valence-electron chi connectivity index (χ2n) is 16.5. The quantitative estimate of drug-likeness (QED) is 0.172. The molecule has 0 N–H and O–H groups in total. The Bertz CT molecular complexity index is 2910. The molecule has 0 aliphatic heterocycles. The third kappa shape index (κ3) is 4.50. The van der Waals surface area contributed by atoms with Gasteiger partial charge in [0.15, 0.2) is 0 Å². The molecule has 0 unspecified atom stereocenters. The largest absolute Gasteiger partial charge is 0.310 e. The molecule has 0 amide bonds. The van der Waals surface area contributed by atoms with Crippen molar-refractivity contribution in [1.82, 2.24) is 4.57 Å². The number of nitrogens with zero attached hydrogens (tertiary/aromatic N) is 2. The minimum Gasteiger partial charge on any atom is -0.310 e. The Labute approximate surface area is 328 Å². The van der Waals surface area contributed by atoms with Gasteiger partial charge in [-0.3, -0.25) is 0 Å². The first kappa shape index (κ1) is 32.8. The number of fused-ring (bicyclic) bond motifs is 9. The van der Waals surface area contributed by atoms with E-state index in [1.807, 2.05) is 0 Å². The van der Waals surface area contributed by atoms with Crippen LogP contribution in [0.3, 0.4) is 0 Å². The van der Waals surface area contributed by atoms with Crippen molar-refractivity contribution in [2.45, 2.75) is 38.5 Å². The van der Waals surface area contributed by atoms with E-state index in [2.05, 4.69) is 219 Å². The Balaban J connectivity index is 1.13. The fraction of sp³-hybridized carbons (Fsp3) is 0.111. The topological polar surface area (TPSA) is 8.17 Å². The van der Waals surface area contributed by atoms with Crippen molar-refractivity contribution < 1.29 is 0 Å². The molecule has 9 aromatic rings. The van der Waals surface area contributed by atoms with Crippen LogP contribution >= 0.6 is 0 Å². The van der Waals surface area contributed by atoms with E-state index in [1.165, 1.54) is 94.5 Å². The van der Waals surface area contributed by atoms with Gasteiger partial charge in [0, 0.05) is 33.0 Å². The summed E-state index contributed by atoms with van der Waals surface area (Å²) in [4.78, 5) is 2.56. The van der Waals surface area contributed by atoms with Crippen molar-refractivity contribution in [2.75, 3.05) is 4.90 Å². The van der Waals surface area contributed by atoms with Crippen LogP contribution in [0.2, 0.25) is 0 Å². The number of hydrogen-bond donors (Lipinski definition) is 0. The molecular weight excluding hydrogens is 677 g/mol. The highest BCUT2D eigenvalue weighted by molar-refractivity contribution is 6.15. The average Bonchev–Trinajstić information content (AvgIpc) is 3.79. The first-order chi connectivity index (χ1) is 27.3. The lowest BCUT2D eigenvalue weighted by atomic mass is 9.80. The predicted octanol–water partition coefficient (Wildman–Crippen LogP) is 14.5. The summed E-state index contributed by atoms with van der Waals surface area (Å²) in [5.74, 6) is 0.